The van der Waals surface area contributed by atoms with Gasteiger partial charge in [-0.3, -0.25) is 4.98 Å². The predicted octanol–water partition coefficient (Wildman–Crippen LogP) is 3.36. The summed E-state index contributed by atoms with van der Waals surface area (Å²) in [4.78, 5) is 14.9. The summed E-state index contributed by atoms with van der Waals surface area (Å²) in [6.45, 7) is 4.19. The number of fused-ring (bicyclic) bond motifs is 1. The molecule has 0 radical (unpaired) electrons. The van der Waals surface area contributed by atoms with Gasteiger partial charge in [0.05, 0.1) is 12.3 Å². The maximum atomic E-state index is 13.3. The molecule has 0 aliphatic carbocycles. The molecule has 0 saturated carbocycles. The Hall–Kier alpha value is -2.70. The number of rotatable bonds is 4. The lowest BCUT2D eigenvalue weighted by Gasteiger charge is -2.30. The summed E-state index contributed by atoms with van der Waals surface area (Å²) >= 11 is 0. The van der Waals surface area contributed by atoms with Crippen LogP contribution in [0.4, 0.5) is 10.4 Å². The highest BCUT2D eigenvalue weighted by Gasteiger charge is 2.23. The van der Waals surface area contributed by atoms with Gasteiger partial charge < -0.3 is 14.1 Å². The molecule has 0 atom stereocenters. The van der Waals surface area contributed by atoms with Crippen molar-refractivity contribution in [2.24, 2.45) is 5.92 Å². The van der Waals surface area contributed by atoms with Gasteiger partial charge in [0.1, 0.15) is 11.3 Å². The summed E-state index contributed by atoms with van der Waals surface area (Å²) in [7, 11) is 0. The van der Waals surface area contributed by atoms with Crippen LogP contribution in [0.25, 0.3) is 11.1 Å². The van der Waals surface area contributed by atoms with Crippen LogP contribution >= 0.6 is 0 Å². The van der Waals surface area contributed by atoms with Crippen molar-refractivity contribution in [3.63, 3.8) is 0 Å². The van der Waals surface area contributed by atoms with E-state index in [4.69, 9.17) is 9.15 Å². The molecule has 7 heteroatoms. The zero-order valence-corrected chi connectivity index (χ0v) is 14.0. The number of oxazole rings is 1. The number of aromatic nitrogens is 3. The molecule has 6 nitrogen and oxygen atoms in total. The molecule has 4 rings (SSSR count). The highest BCUT2D eigenvalue weighted by molar-refractivity contribution is 5.74. The molecule has 1 aliphatic heterocycles. The molecular weight excluding hydrogens is 323 g/mol. The van der Waals surface area contributed by atoms with Crippen LogP contribution in [0.5, 0.6) is 5.88 Å². The van der Waals surface area contributed by atoms with Crippen LogP contribution < -0.4 is 9.64 Å². The lowest BCUT2D eigenvalue weighted by atomic mass is 9.98. The number of anilines is 1. The summed E-state index contributed by atoms with van der Waals surface area (Å²) < 4.78 is 24.8. The Morgan fingerprint density at radius 1 is 1.24 bits per heavy atom. The summed E-state index contributed by atoms with van der Waals surface area (Å²) in [5.74, 6) is 0.746. The van der Waals surface area contributed by atoms with E-state index in [2.05, 4.69) is 19.9 Å². The van der Waals surface area contributed by atoms with Crippen molar-refractivity contribution in [1.82, 2.24) is 15.0 Å². The predicted molar refractivity (Wildman–Crippen MR) is 91.2 cm³/mol. The molecule has 0 spiro atoms. The Labute approximate surface area is 144 Å². The molecule has 0 bridgehead atoms. The van der Waals surface area contributed by atoms with E-state index in [0.29, 0.717) is 35.5 Å². The molecule has 0 amide bonds. The quantitative estimate of drug-likeness (QED) is 0.724. The molecule has 1 aromatic carbocycles. The SMILES string of the molecule is Cc1nccnc1OCC1CCN(c2nc3ccc(F)cc3o2)CC1. The van der Waals surface area contributed by atoms with Crippen LogP contribution in [-0.4, -0.2) is 34.6 Å². The van der Waals surface area contributed by atoms with Crippen LogP contribution in [0.2, 0.25) is 0 Å². The van der Waals surface area contributed by atoms with Crippen molar-refractivity contribution in [3.8, 4) is 5.88 Å². The Kier molecular flexibility index (Phi) is 4.21. The number of hydrogen-bond donors (Lipinski definition) is 0. The van der Waals surface area contributed by atoms with Crippen LogP contribution in [-0.2, 0) is 0 Å². The first-order chi connectivity index (χ1) is 12.2. The highest BCUT2D eigenvalue weighted by Crippen LogP contribution is 2.27. The smallest absolute Gasteiger partial charge is 0.298 e. The largest absolute Gasteiger partial charge is 0.476 e. The van der Waals surface area contributed by atoms with Gasteiger partial charge in [-0.05, 0) is 37.8 Å². The molecule has 130 valence electrons. The van der Waals surface area contributed by atoms with E-state index in [1.54, 1.807) is 18.5 Å². The summed E-state index contributed by atoms with van der Waals surface area (Å²) in [5.41, 5.74) is 1.97. The van der Waals surface area contributed by atoms with Gasteiger partial charge >= 0.3 is 0 Å². The zero-order chi connectivity index (χ0) is 17.2. The summed E-state index contributed by atoms with van der Waals surface area (Å²) in [6.07, 6.45) is 5.26. The van der Waals surface area contributed by atoms with Crippen LogP contribution in [0.3, 0.4) is 0 Å². The normalized spacial score (nSPS) is 15.7. The Morgan fingerprint density at radius 2 is 2.04 bits per heavy atom. The second-order valence-corrected chi connectivity index (χ2v) is 6.30. The Balaban J connectivity index is 1.35. The van der Waals surface area contributed by atoms with Crippen LogP contribution in [0.1, 0.15) is 18.5 Å². The van der Waals surface area contributed by atoms with Crippen molar-refractivity contribution in [1.29, 1.82) is 0 Å². The van der Waals surface area contributed by atoms with Crippen molar-refractivity contribution in [2.45, 2.75) is 19.8 Å². The standard InChI is InChI=1S/C18H19FN4O2/c1-12-17(21-7-6-20-12)24-11-13-4-8-23(9-5-13)18-22-15-3-2-14(19)10-16(15)25-18/h2-3,6-7,10,13H,4-5,8-9,11H2,1H3. The number of benzene rings is 1. The molecule has 3 aromatic rings. The number of aryl methyl sites for hydroxylation is 1. The van der Waals surface area contributed by atoms with E-state index in [1.165, 1.54) is 12.1 Å². The van der Waals surface area contributed by atoms with Crippen molar-refractivity contribution in [2.75, 3.05) is 24.6 Å². The minimum absolute atomic E-state index is 0.314. The summed E-state index contributed by atoms with van der Waals surface area (Å²) in [5, 5.41) is 0. The van der Waals surface area contributed by atoms with E-state index in [9.17, 15) is 4.39 Å². The third kappa shape index (κ3) is 3.40. The van der Waals surface area contributed by atoms with Crippen molar-refractivity contribution >= 4 is 17.1 Å². The van der Waals surface area contributed by atoms with E-state index in [-0.39, 0.29) is 5.82 Å². The fourth-order valence-corrected chi connectivity index (χ4v) is 3.05. The third-order valence-electron chi connectivity index (χ3n) is 4.52. The van der Waals surface area contributed by atoms with Crippen molar-refractivity contribution in [3.05, 3.63) is 42.1 Å². The lowest BCUT2D eigenvalue weighted by molar-refractivity contribution is 0.212. The highest BCUT2D eigenvalue weighted by atomic mass is 19.1. The number of nitrogens with zero attached hydrogens (tertiary/aromatic N) is 4. The average Bonchev–Trinajstić information content (AvgIpc) is 3.04. The molecule has 1 aliphatic rings. The molecule has 0 unspecified atom stereocenters. The van der Waals surface area contributed by atoms with Gasteiger partial charge in [0.2, 0.25) is 5.88 Å². The van der Waals surface area contributed by atoms with Gasteiger partial charge in [-0.15, -0.1) is 0 Å². The topological polar surface area (TPSA) is 64.3 Å². The average molecular weight is 342 g/mol. The Bertz CT molecular complexity index is 874. The minimum Gasteiger partial charge on any atom is -0.476 e. The first kappa shape index (κ1) is 15.8. The van der Waals surface area contributed by atoms with Crippen molar-refractivity contribution < 1.29 is 13.5 Å². The molecule has 25 heavy (non-hydrogen) atoms. The maximum absolute atomic E-state index is 13.3. The van der Waals surface area contributed by atoms with E-state index in [0.717, 1.165) is 31.6 Å². The zero-order valence-electron chi connectivity index (χ0n) is 14.0. The van der Waals surface area contributed by atoms with E-state index >= 15 is 0 Å². The first-order valence-corrected chi connectivity index (χ1v) is 8.40. The number of ether oxygens (including phenoxy) is 1. The van der Waals surface area contributed by atoms with E-state index < -0.39 is 0 Å². The minimum atomic E-state index is -0.314. The molecule has 1 saturated heterocycles. The molecular formula is C18H19FN4O2. The third-order valence-corrected chi connectivity index (χ3v) is 4.52. The van der Waals surface area contributed by atoms with Gasteiger partial charge in [0, 0.05) is 31.5 Å². The maximum Gasteiger partial charge on any atom is 0.298 e. The molecule has 2 aromatic heterocycles. The van der Waals surface area contributed by atoms with Gasteiger partial charge in [0.25, 0.3) is 6.01 Å². The van der Waals surface area contributed by atoms with E-state index in [1.807, 2.05) is 6.92 Å². The number of hydrogen-bond acceptors (Lipinski definition) is 6. The second kappa shape index (κ2) is 6.66. The summed E-state index contributed by atoms with van der Waals surface area (Å²) in [6, 6.07) is 4.97. The molecule has 1 fully saturated rings. The molecule has 3 heterocycles. The van der Waals surface area contributed by atoms with Gasteiger partial charge in [-0.25, -0.2) is 9.37 Å². The van der Waals surface area contributed by atoms with Gasteiger partial charge in [-0.1, -0.05) is 0 Å². The second-order valence-electron chi connectivity index (χ2n) is 6.30. The lowest BCUT2D eigenvalue weighted by Crippen LogP contribution is -2.35. The number of piperidine rings is 1. The van der Waals surface area contributed by atoms with Crippen LogP contribution in [0.15, 0.2) is 35.0 Å². The van der Waals surface area contributed by atoms with Crippen LogP contribution in [0, 0.1) is 18.7 Å². The Morgan fingerprint density at radius 3 is 2.84 bits per heavy atom. The number of halogens is 1. The van der Waals surface area contributed by atoms with Gasteiger partial charge in [-0.2, -0.15) is 4.98 Å². The molecule has 0 N–H and O–H groups in total. The van der Waals surface area contributed by atoms with Gasteiger partial charge in [0.15, 0.2) is 5.58 Å². The fraction of sp³-hybridized carbons (Fsp3) is 0.389. The fourth-order valence-electron chi connectivity index (χ4n) is 3.05. The monoisotopic (exact) mass is 342 g/mol. The first-order valence-electron chi connectivity index (χ1n) is 8.40.